The van der Waals surface area contributed by atoms with Crippen LogP contribution in [0, 0.1) is 0 Å². The van der Waals surface area contributed by atoms with E-state index in [1.165, 1.54) is 0 Å². The summed E-state index contributed by atoms with van der Waals surface area (Å²) in [5.74, 6) is 2.42. The van der Waals surface area contributed by atoms with Crippen LogP contribution >= 0.6 is 0 Å². The van der Waals surface area contributed by atoms with Crippen molar-refractivity contribution in [3.63, 3.8) is 0 Å². The van der Waals surface area contributed by atoms with Crippen molar-refractivity contribution in [3.05, 3.63) is 11.6 Å². The van der Waals surface area contributed by atoms with E-state index in [1.807, 2.05) is 6.92 Å². The number of rotatable bonds is 6. The van der Waals surface area contributed by atoms with Crippen LogP contribution in [-0.4, -0.2) is 35.0 Å². The monoisotopic (exact) mass is 300 g/mol. The number of sulfonamides is 1. The zero-order valence-corrected chi connectivity index (χ0v) is 13.3. The third-order valence-corrected chi connectivity index (χ3v) is 5.12. The van der Waals surface area contributed by atoms with Gasteiger partial charge in [0.15, 0.2) is 0 Å². The molecule has 0 saturated heterocycles. The van der Waals surface area contributed by atoms with E-state index in [4.69, 9.17) is 0 Å². The first-order chi connectivity index (χ1) is 9.43. The van der Waals surface area contributed by atoms with E-state index in [0.717, 1.165) is 30.9 Å². The highest BCUT2D eigenvalue weighted by Gasteiger charge is 2.26. The molecule has 0 fully saturated rings. The lowest BCUT2D eigenvalue weighted by molar-refractivity contribution is 0.409. The average Bonchev–Trinajstić information content (AvgIpc) is 2.79. The van der Waals surface area contributed by atoms with Crippen LogP contribution in [0.2, 0.25) is 0 Å². The summed E-state index contributed by atoms with van der Waals surface area (Å²) < 4.78 is 28.8. The molecule has 1 aromatic rings. The number of hydrogen-bond donors (Lipinski definition) is 1. The summed E-state index contributed by atoms with van der Waals surface area (Å²) in [6, 6.07) is -0.0437. The highest BCUT2D eigenvalue weighted by molar-refractivity contribution is 7.89. The van der Waals surface area contributed by atoms with Gasteiger partial charge in [0, 0.05) is 24.9 Å². The number of fused-ring (bicyclic) bond motifs is 1. The van der Waals surface area contributed by atoms with Crippen molar-refractivity contribution in [3.8, 4) is 0 Å². The minimum absolute atomic E-state index is 0.0437. The second kappa shape index (κ2) is 6.22. The van der Waals surface area contributed by atoms with Crippen LogP contribution in [0.5, 0.6) is 0 Å². The Labute approximate surface area is 121 Å². The molecule has 0 bridgehead atoms. The average molecular weight is 300 g/mol. The SMILES string of the molecule is CCCCS(=O)(=O)N[C@H]1CCc2nnc(C(C)C)n2C1. The van der Waals surface area contributed by atoms with Crippen molar-refractivity contribution in [2.75, 3.05) is 5.75 Å². The minimum Gasteiger partial charge on any atom is -0.313 e. The van der Waals surface area contributed by atoms with Crippen molar-refractivity contribution < 1.29 is 8.42 Å². The van der Waals surface area contributed by atoms with Crippen LogP contribution in [-0.2, 0) is 23.0 Å². The fourth-order valence-corrected chi connectivity index (χ4v) is 4.01. The van der Waals surface area contributed by atoms with Gasteiger partial charge in [-0.25, -0.2) is 13.1 Å². The molecule has 1 aromatic heterocycles. The smallest absolute Gasteiger partial charge is 0.211 e. The molecule has 1 atom stereocenters. The number of nitrogens with one attached hydrogen (secondary N) is 1. The van der Waals surface area contributed by atoms with E-state index in [9.17, 15) is 8.42 Å². The molecule has 0 amide bonds. The quantitative estimate of drug-likeness (QED) is 0.862. The molecule has 0 saturated carbocycles. The zero-order valence-electron chi connectivity index (χ0n) is 12.5. The summed E-state index contributed by atoms with van der Waals surface area (Å²) in [5.41, 5.74) is 0. The first-order valence-electron chi connectivity index (χ1n) is 7.35. The maximum Gasteiger partial charge on any atom is 0.211 e. The predicted molar refractivity (Wildman–Crippen MR) is 78.1 cm³/mol. The Bertz CT molecular complexity index is 551. The topological polar surface area (TPSA) is 76.9 Å². The molecule has 1 aliphatic heterocycles. The van der Waals surface area contributed by atoms with Gasteiger partial charge in [-0.1, -0.05) is 27.2 Å². The van der Waals surface area contributed by atoms with Crippen LogP contribution in [0.15, 0.2) is 0 Å². The van der Waals surface area contributed by atoms with Crippen molar-refractivity contribution in [2.24, 2.45) is 0 Å². The van der Waals surface area contributed by atoms with Crippen molar-refractivity contribution in [2.45, 2.75) is 65.0 Å². The number of unbranched alkanes of at least 4 members (excludes halogenated alkanes) is 1. The summed E-state index contributed by atoms with van der Waals surface area (Å²) in [6.07, 6.45) is 3.16. The lowest BCUT2D eigenvalue weighted by atomic mass is 10.1. The maximum absolute atomic E-state index is 12.0. The Hall–Kier alpha value is -0.950. The first kappa shape index (κ1) is 15.4. The van der Waals surface area contributed by atoms with Crippen LogP contribution in [0.3, 0.4) is 0 Å². The van der Waals surface area contributed by atoms with Crippen LogP contribution < -0.4 is 4.72 Å². The van der Waals surface area contributed by atoms with Gasteiger partial charge in [0.1, 0.15) is 11.6 Å². The third kappa shape index (κ3) is 3.58. The van der Waals surface area contributed by atoms with Gasteiger partial charge in [-0.15, -0.1) is 10.2 Å². The summed E-state index contributed by atoms with van der Waals surface area (Å²) in [4.78, 5) is 0. The molecule has 0 radical (unpaired) electrons. The van der Waals surface area contributed by atoms with E-state index in [0.29, 0.717) is 18.9 Å². The molecular formula is C13H24N4O2S. The lowest BCUT2D eigenvalue weighted by Crippen LogP contribution is -2.42. The Morgan fingerprint density at radius 3 is 2.80 bits per heavy atom. The number of aromatic nitrogens is 3. The molecule has 2 heterocycles. The van der Waals surface area contributed by atoms with Gasteiger partial charge in [0.2, 0.25) is 10.0 Å². The van der Waals surface area contributed by atoms with Crippen molar-refractivity contribution in [1.82, 2.24) is 19.5 Å². The van der Waals surface area contributed by atoms with E-state index in [2.05, 4.69) is 33.3 Å². The Balaban J connectivity index is 2.05. The normalized spacial score (nSPS) is 19.3. The molecular weight excluding hydrogens is 276 g/mol. The predicted octanol–water partition coefficient (Wildman–Crippen LogP) is 1.44. The van der Waals surface area contributed by atoms with Crippen molar-refractivity contribution >= 4 is 10.0 Å². The standard InChI is InChI=1S/C13H24N4O2S/c1-4-5-8-20(18,19)16-11-6-7-12-14-15-13(10(2)3)17(12)9-11/h10-11,16H,4-9H2,1-3H3/t11-/m0/s1. The summed E-state index contributed by atoms with van der Waals surface area (Å²) in [7, 11) is -3.17. The maximum atomic E-state index is 12.0. The Morgan fingerprint density at radius 2 is 2.15 bits per heavy atom. The molecule has 1 aliphatic rings. The van der Waals surface area contributed by atoms with E-state index in [-0.39, 0.29) is 11.8 Å². The van der Waals surface area contributed by atoms with Crippen molar-refractivity contribution in [1.29, 1.82) is 0 Å². The fourth-order valence-electron chi connectivity index (χ4n) is 2.52. The van der Waals surface area contributed by atoms with E-state index >= 15 is 0 Å². The highest BCUT2D eigenvalue weighted by Crippen LogP contribution is 2.20. The molecule has 0 spiro atoms. The van der Waals surface area contributed by atoms with Gasteiger partial charge in [0.25, 0.3) is 0 Å². The number of nitrogens with zero attached hydrogens (tertiary/aromatic N) is 3. The third-order valence-electron chi connectivity index (χ3n) is 3.60. The molecule has 1 N–H and O–H groups in total. The Kier molecular flexibility index (Phi) is 4.80. The van der Waals surface area contributed by atoms with Gasteiger partial charge >= 0.3 is 0 Å². The molecule has 7 heteroatoms. The van der Waals surface area contributed by atoms with Crippen LogP contribution in [0.4, 0.5) is 0 Å². The summed E-state index contributed by atoms with van der Waals surface area (Å²) >= 11 is 0. The minimum atomic E-state index is -3.17. The van der Waals surface area contributed by atoms with Gasteiger partial charge in [-0.05, 0) is 12.8 Å². The summed E-state index contributed by atoms with van der Waals surface area (Å²) in [5, 5.41) is 8.41. The molecule has 2 rings (SSSR count). The van der Waals surface area contributed by atoms with Gasteiger partial charge < -0.3 is 4.57 Å². The van der Waals surface area contributed by atoms with Gasteiger partial charge in [-0.3, -0.25) is 0 Å². The molecule has 20 heavy (non-hydrogen) atoms. The molecule has 0 unspecified atom stereocenters. The molecule has 6 nitrogen and oxygen atoms in total. The van der Waals surface area contributed by atoms with Crippen LogP contribution in [0.25, 0.3) is 0 Å². The number of aryl methyl sites for hydroxylation is 1. The Morgan fingerprint density at radius 1 is 1.40 bits per heavy atom. The van der Waals surface area contributed by atoms with Crippen LogP contribution in [0.1, 0.15) is 57.6 Å². The van der Waals surface area contributed by atoms with Gasteiger partial charge in [0.05, 0.1) is 5.75 Å². The van der Waals surface area contributed by atoms with E-state index < -0.39 is 10.0 Å². The lowest BCUT2D eigenvalue weighted by Gasteiger charge is -2.25. The first-order valence-corrected chi connectivity index (χ1v) is 9.00. The molecule has 0 aliphatic carbocycles. The zero-order chi connectivity index (χ0) is 14.8. The van der Waals surface area contributed by atoms with Gasteiger partial charge in [-0.2, -0.15) is 0 Å². The second-order valence-electron chi connectivity index (χ2n) is 5.77. The molecule has 114 valence electrons. The highest BCUT2D eigenvalue weighted by atomic mass is 32.2. The van der Waals surface area contributed by atoms with E-state index in [1.54, 1.807) is 0 Å². The molecule has 0 aromatic carbocycles. The largest absolute Gasteiger partial charge is 0.313 e. The summed E-state index contributed by atoms with van der Waals surface area (Å²) in [6.45, 7) is 6.79. The fraction of sp³-hybridized carbons (Fsp3) is 0.846. The second-order valence-corrected chi connectivity index (χ2v) is 7.64. The number of hydrogen-bond acceptors (Lipinski definition) is 4.